The third kappa shape index (κ3) is 15.0. The van der Waals surface area contributed by atoms with E-state index < -0.39 is 0 Å². The fourth-order valence-electron chi connectivity index (χ4n) is 2.55. The maximum absolute atomic E-state index is 2.18. The first-order valence-electron chi connectivity index (χ1n) is 11.3. The zero-order chi connectivity index (χ0) is 23.9. The van der Waals surface area contributed by atoms with Gasteiger partial charge in [0, 0.05) is 0 Å². The summed E-state index contributed by atoms with van der Waals surface area (Å²) >= 11 is 4.69. The predicted octanol–water partition coefficient (Wildman–Crippen LogP) is 1.01. The van der Waals surface area contributed by atoms with Crippen molar-refractivity contribution in [2.24, 2.45) is 0 Å². The minimum Gasteiger partial charge on any atom is -0.121 e. The molecule has 0 saturated heterocycles. The molecule has 0 nitrogen and oxygen atoms in total. The van der Waals surface area contributed by atoms with Gasteiger partial charge in [-0.3, -0.25) is 0 Å². The van der Waals surface area contributed by atoms with E-state index in [1.807, 2.05) is 0 Å². The topological polar surface area (TPSA) is 0 Å². The molecule has 0 fully saturated rings. The Bertz CT molecular complexity index is 747. The molecule has 0 bridgehead atoms. The average molecular weight is 481 g/mol. The molecule has 4 rings (SSSR count). The first-order chi connectivity index (χ1) is 15.2. The van der Waals surface area contributed by atoms with Gasteiger partial charge in [-0.25, -0.2) is 0 Å². The second kappa shape index (κ2) is 16.6. The first kappa shape index (κ1) is 29.0. The van der Waals surface area contributed by atoms with Gasteiger partial charge in [0.15, 0.2) is 0 Å². The van der Waals surface area contributed by atoms with E-state index in [1.54, 1.807) is 0 Å². The highest BCUT2D eigenvalue weighted by Gasteiger charge is 1.82. The molecule has 0 aliphatic rings. The van der Waals surface area contributed by atoms with Crippen molar-refractivity contribution in [3.8, 4) is 0 Å². The van der Waals surface area contributed by atoms with Crippen LogP contribution in [0.25, 0.3) is 0 Å². The fraction of sp³-hybridized carbons (Fsp3) is 0.143. The Morgan fingerprint density at radius 1 is 0.281 bits per heavy atom. The quantitative estimate of drug-likeness (QED) is 0.330. The highest BCUT2D eigenvalue weighted by atomic mass is 27.1. The summed E-state index contributed by atoms with van der Waals surface area (Å²) in [5, 5.41) is 0. The first-order valence-corrected chi connectivity index (χ1v) is 15.3. The Morgan fingerprint density at radius 2 is 0.406 bits per heavy atom. The molecule has 0 spiro atoms. The summed E-state index contributed by atoms with van der Waals surface area (Å²) < 4.78 is 5.87. The normalized spacial score (nSPS) is 9.12. The van der Waals surface area contributed by atoms with Crippen LogP contribution in [0.5, 0.6) is 0 Å². The second-order valence-corrected chi connectivity index (χ2v) is 13.2. The molecule has 0 aliphatic heterocycles. The van der Waals surface area contributed by atoms with E-state index in [9.17, 15) is 0 Å². The Balaban J connectivity index is 0.000000213. The van der Waals surface area contributed by atoms with Crippen LogP contribution in [0.4, 0.5) is 0 Å². The van der Waals surface area contributed by atoms with Crippen molar-refractivity contribution in [2.45, 2.75) is 27.7 Å². The Labute approximate surface area is 228 Å². The summed E-state index contributed by atoms with van der Waals surface area (Å²) in [6, 6.07) is 34.7. The minimum atomic E-state index is 1.17. The van der Waals surface area contributed by atoms with Gasteiger partial charge in [0.25, 0.3) is 65.2 Å². The van der Waals surface area contributed by atoms with Crippen molar-refractivity contribution in [1.29, 1.82) is 0 Å². The number of hydrogen-bond donors (Lipinski definition) is 0. The minimum absolute atomic E-state index is 1.17. The van der Waals surface area contributed by atoms with E-state index in [1.165, 1.54) is 105 Å². The standard InChI is InChI=1S/4C7H7.4Al.8H/c4*1-7-5-3-2-4-6-7;;;;;;;;;;;;/h4*3-6H,1H3;;;;;;;;;;;;. The summed E-state index contributed by atoms with van der Waals surface area (Å²) in [7, 11) is 0. The van der Waals surface area contributed by atoms with Crippen molar-refractivity contribution in [3.05, 3.63) is 119 Å². The monoisotopic (exact) mass is 480 g/mol. The van der Waals surface area contributed by atoms with Crippen molar-refractivity contribution < 1.29 is 0 Å². The molecular weight excluding hydrogens is 444 g/mol. The molecule has 32 heavy (non-hydrogen) atoms. The molecule has 4 aromatic carbocycles. The lowest BCUT2D eigenvalue weighted by molar-refractivity contribution is 1.49. The van der Waals surface area contributed by atoms with Crippen LogP contribution in [0.1, 0.15) is 22.3 Å². The Kier molecular flexibility index (Phi) is 15.1. The van der Waals surface area contributed by atoms with Crippen LogP contribution in [0.3, 0.4) is 0 Å². The molecular formula is C28H36Al4. The molecule has 0 N–H and O–H groups in total. The summed E-state index contributed by atoms with van der Waals surface area (Å²) in [6.45, 7) is 8.45. The third-order valence-electron chi connectivity index (χ3n) is 4.87. The summed E-state index contributed by atoms with van der Waals surface area (Å²) in [5.41, 5.74) is 5.41. The lowest BCUT2D eigenvalue weighted by atomic mass is 10.2. The molecule has 0 aliphatic carbocycles. The van der Waals surface area contributed by atoms with Crippen molar-refractivity contribution in [3.63, 3.8) is 0 Å². The van der Waals surface area contributed by atoms with Gasteiger partial charge in [0.05, 0.1) is 0 Å². The van der Waals surface area contributed by atoms with E-state index in [-0.39, 0.29) is 0 Å². The van der Waals surface area contributed by atoms with Crippen molar-refractivity contribution in [1.82, 2.24) is 0 Å². The fourth-order valence-corrected chi connectivity index (χ4v) is 3.88. The zero-order valence-corrected chi connectivity index (χ0v) is 29.2. The van der Waals surface area contributed by atoms with E-state index in [4.69, 9.17) is 0 Å². The Hall–Kier alpha value is -0.990. The van der Waals surface area contributed by atoms with Gasteiger partial charge in [0.1, 0.15) is 0 Å². The molecule has 4 aromatic rings. The highest BCUT2D eigenvalue weighted by molar-refractivity contribution is 6.33. The molecule has 0 radical (unpaired) electrons. The number of benzene rings is 4. The van der Waals surface area contributed by atoms with E-state index in [0.717, 1.165) is 0 Å². The van der Waals surface area contributed by atoms with E-state index in [0.29, 0.717) is 0 Å². The summed E-state index contributed by atoms with van der Waals surface area (Å²) in [5.74, 6) is 0. The molecule has 0 heterocycles. The smallest absolute Gasteiger partial charge is 0.121 e. The van der Waals surface area contributed by atoms with Gasteiger partial charge in [-0.05, 0) is 27.7 Å². The average Bonchev–Trinajstić information content (AvgIpc) is 2.78. The van der Waals surface area contributed by atoms with Crippen LogP contribution in [0.15, 0.2) is 97.1 Å². The highest BCUT2D eigenvalue weighted by Crippen LogP contribution is 1.92. The summed E-state index contributed by atoms with van der Waals surface area (Å²) in [4.78, 5) is 0. The van der Waals surface area contributed by atoms with E-state index >= 15 is 0 Å². The molecule has 4 heteroatoms. The van der Waals surface area contributed by atoms with Gasteiger partial charge in [0.2, 0.25) is 0 Å². The van der Waals surface area contributed by atoms with Crippen LogP contribution in [0, 0.1) is 27.7 Å². The number of hydrogen-bond acceptors (Lipinski definition) is 0. The lowest BCUT2D eigenvalue weighted by Crippen LogP contribution is -1.98. The van der Waals surface area contributed by atoms with Gasteiger partial charge in [-0.2, -0.15) is 0 Å². The number of rotatable bonds is 0. The molecule has 160 valence electrons. The lowest BCUT2D eigenvalue weighted by Gasteiger charge is -1.90. The predicted molar refractivity (Wildman–Crippen MR) is 157 cm³/mol. The van der Waals surface area contributed by atoms with Gasteiger partial charge < -0.3 is 0 Å². The summed E-state index contributed by atoms with van der Waals surface area (Å²) in [6.07, 6.45) is 0. The van der Waals surface area contributed by atoms with Gasteiger partial charge >= 0.3 is 0 Å². The van der Waals surface area contributed by atoms with Crippen LogP contribution < -0.4 is 17.7 Å². The second-order valence-electron chi connectivity index (χ2n) is 8.62. The van der Waals surface area contributed by atoms with E-state index in [2.05, 4.69) is 125 Å². The zero-order valence-electron chi connectivity index (χ0n) is 21.2. The maximum atomic E-state index is 2.18. The molecule has 0 unspecified atom stereocenters. The van der Waals surface area contributed by atoms with Crippen LogP contribution >= 0.6 is 0 Å². The Morgan fingerprint density at radius 3 is 0.500 bits per heavy atom. The van der Waals surface area contributed by atoms with Crippen LogP contribution in [-0.2, 0) is 0 Å². The van der Waals surface area contributed by atoms with Crippen molar-refractivity contribution >= 4 is 82.9 Å². The third-order valence-corrected chi connectivity index (χ3v) is 7.54. The number of aryl methyl sites for hydroxylation is 4. The van der Waals surface area contributed by atoms with Crippen LogP contribution in [0.2, 0.25) is 0 Å². The molecule has 0 saturated carbocycles. The maximum Gasteiger partial charge on any atom is 0.258 e. The van der Waals surface area contributed by atoms with Gasteiger partial charge in [-0.1, -0.05) is 119 Å². The van der Waals surface area contributed by atoms with Crippen molar-refractivity contribution in [2.75, 3.05) is 0 Å². The van der Waals surface area contributed by atoms with Crippen LogP contribution in [-0.4, -0.2) is 65.2 Å². The van der Waals surface area contributed by atoms with Gasteiger partial charge in [-0.15, -0.1) is 17.7 Å². The molecule has 0 aromatic heterocycles. The molecule has 0 amide bonds. The largest absolute Gasteiger partial charge is 0.258 e. The SMILES string of the molecule is Cc1cc[c]([AlH2])cc1.Cc1cc[c]([AlH2])cc1.Cc1cc[c]([AlH2])cc1.Cc1cc[c]([AlH2])cc1. The molecule has 0 atom stereocenters.